The zero-order chi connectivity index (χ0) is 32.4. The molecule has 0 radical (unpaired) electrons. The Morgan fingerprint density at radius 1 is 0.870 bits per heavy atom. The molecule has 12 heteroatoms. The number of thiophene rings is 1. The van der Waals surface area contributed by atoms with Crippen LogP contribution in [0.4, 0.5) is 0 Å². The predicted molar refractivity (Wildman–Crippen MR) is 170 cm³/mol. The van der Waals surface area contributed by atoms with Crippen LogP contribution < -0.4 is 9.47 Å². The minimum absolute atomic E-state index is 0.0855. The van der Waals surface area contributed by atoms with E-state index in [0.717, 1.165) is 25.2 Å². The highest BCUT2D eigenvalue weighted by atomic mass is 32.1. The Kier molecular flexibility index (Phi) is 9.54. The van der Waals surface area contributed by atoms with E-state index in [1.165, 1.54) is 30.6 Å². The number of carbonyl (C=O) groups is 2. The van der Waals surface area contributed by atoms with Gasteiger partial charge in [-0.1, -0.05) is 6.42 Å². The van der Waals surface area contributed by atoms with Crippen LogP contribution in [0.2, 0.25) is 0 Å². The normalized spacial score (nSPS) is 23.7. The van der Waals surface area contributed by atoms with E-state index in [-0.39, 0.29) is 17.3 Å². The Labute approximate surface area is 268 Å². The number of piperidine rings is 1. The van der Waals surface area contributed by atoms with Gasteiger partial charge in [0.1, 0.15) is 42.2 Å². The number of carbonyl (C=O) groups excluding carboxylic acids is 1. The summed E-state index contributed by atoms with van der Waals surface area (Å²) in [6.45, 7) is 3.61. The Bertz CT molecular complexity index is 1680. The molecular formula is C34H35NO10S. The third-order valence-electron chi connectivity index (χ3n) is 8.32. The number of benzene rings is 3. The lowest BCUT2D eigenvalue weighted by Crippen LogP contribution is -2.61. The smallest absolute Gasteiger partial charge is 0.335 e. The van der Waals surface area contributed by atoms with Gasteiger partial charge >= 0.3 is 5.97 Å². The van der Waals surface area contributed by atoms with Crippen LogP contribution in [-0.4, -0.2) is 99.1 Å². The minimum atomic E-state index is -1.84. The van der Waals surface area contributed by atoms with E-state index >= 15 is 0 Å². The van der Waals surface area contributed by atoms with Crippen molar-refractivity contribution < 1.29 is 49.3 Å². The Morgan fingerprint density at radius 2 is 1.57 bits per heavy atom. The number of aromatic hydroxyl groups is 1. The zero-order valence-electron chi connectivity index (χ0n) is 24.8. The van der Waals surface area contributed by atoms with Crippen LogP contribution in [0.5, 0.6) is 17.2 Å². The molecule has 242 valence electrons. The van der Waals surface area contributed by atoms with Crippen LogP contribution in [0, 0.1) is 0 Å². The van der Waals surface area contributed by atoms with Gasteiger partial charge in [0.15, 0.2) is 11.9 Å². The first-order valence-electron chi connectivity index (χ1n) is 15.1. The highest BCUT2D eigenvalue weighted by molar-refractivity contribution is 7.22. The molecule has 3 heterocycles. The Hall–Kier alpha value is -4.04. The van der Waals surface area contributed by atoms with Crippen molar-refractivity contribution in [2.75, 3.05) is 26.2 Å². The van der Waals surface area contributed by atoms with Crippen molar-refractivity contribution in [2.24, 2.45) is 0 Å². The van der Waals surface area contributed by atoms with Crippen molar-refractivity contribution in [3.63, 3.8) is 0 Å². The van der Waals surface area contributed by atoms with E-state index < -0.39 is 36.7 Å². The molecule has 2 aliphatic rings. The highest BCUT2D eigenvalue weighted by Crippen LogP contribution is 2.42. The van der Waals surface area contributed by atoms with Gasteiger partial charge in [0.25, 0.3) is 0 Å². The van der Waals surface area contributed by atoms with Gasteiger partial charge in [-0.25, -0.2) is 4.79 Å². The minimum Gasteiger partial charge on any atom is -0.508 e. The van der Waals surface area contributed by atoms with Crippen LogP contribution in [0.15, 0.2) is 66.7 Å². The number of carboxylic acid groups (broad SMARTS) is 1. The van der Waals surface area contributed by atoms with Crippen LogP contribution in [-0.2, 0) is 9.53 Å². The fraction of sp³-hybridized carbons (Fsp3) is 0.353. The Morgan fingerprint density at radius 3 is 2.26 bits per heavy atom. The molecule has 5 N–H and O–H groups in total. The van der Waals surface area contributed by atoms with Gasteiger partial charge in [-0.05, 0) is 98.2 Å². The second kappa shape index (κ2) is 13.8. The molecular weight excluding hydrogens is 614 g/mol. The molecule has 1 aromatic heterocycles. The molecule has 6 rings (SSSR count). The fourth-order valence-corrected chi connectivity index (χ4v) is 7.03. The number of nitrogens with zero attached hydrogens (tertiary/aromatic N) is 1. The van der Waals surface area contributed by atoms with Gasteiger partial charge in [0.2, 0.25) is 6.29 Å². The molecule has 0 spiro atoms. The SMILES string of the molecule is O=C(c1ccc(OCCN2CCCCC2)cc1)c1c(-c2ccc(O)cc2)sc2cc(O[C@@H]3OC(C(=O)O)[C@H](O)[C@H](O)[C@@H]3O)ccc12. The fourth-order valence-electron chi connectivity index (χ4n) is 5.80. The number of ether oxygens (including phenoxy) is 3. The molecule has 3 aromatic carbocycles. The van der Waals surface area contributed by atoms with Gasteiger partial charge in [-0.3, -0.25) is 9.69 Å². The van der Waals surface area contributed by atoms with Crippen molar-refractivity contribution in [1.82, 2.24) is 4.90 Å². The van der Waals surface area contributed by atoms with E-state index in [0.29, 0.717) is 38.4 Å². The summed E-state index contributed by atoms with van der Waals surface area (Å²) in [5, 5.41) is 50.4. The standard InChI is InChI=1S/C34H35NO10S/c36-21-8-4-20(5-9-21)32-26(27(37)19-6-10-22(11-7-19)43-17-16-35-14-2-1-3-15-35)24-13-12-23(18-25(24)46-32)44-34-30(40)28(38)29(39)31(45-34)33(41)42/h4-13,18,28-31,34,36,38-40H,1-3,14-17H2,(H,41,42)/t28-,29+,30-,31?,34+/m0/s1. The number of rotatable bonds is 10. The maximum absolute atomic E-state index is 14.0. The summed E-state index contributed by atoms with van der Waals surface area (Å²) in [5.41, 5.74) is 1.64. The summed E-state index contributed by atoms with van der Waals surface area (Å²) in [7, 11) is 0. The van der Waals surface area contributed by atoms with Crippen LogP contribution in [0.3, 0.4) is 0 Å². The predicted octanol–water partition coefficient (Wildman–Crippen LogP) is 3.64. The molecule has 11 nitrogen and oxygen atoms in total. The zero-order valence-corrected chi connectivity index (χ0v) is 25.6. The molecule has 2 saturated heterocycles. The third kappa shape index (κ3) is 6.73. The molecule has 2 fully saturated rings. The van der Waals surface area contributed by atoms with E-state index in [9.17, 15) is 35.1 Å². The molecule has 0 aliphatic carbocycles. The average Bonchev–Trinajstić information content (AvgIpc) is 3.44. The average molecular weight is 650 g/mol. The maximum Gasteiger partial charge on any atom is 0.335 e. The van der Waals surface area contributed by atoms with Gasteiger partial charge in [0, 0.05) is 32.6 Å². The molecule has 0 saturated carbocycles. The molecule has 1 unspecified atom stereocenters. The van der Waals surface area contributed by atoms with Crippen molar-refractivity contribution in [1.29, 1.82) is 0 Å². The van der Waals surface area contributed by atoms with E-state index in [2.05, 4.69) is 4.90 Å². The summed E-state index contributed by atoms with van der Waals surface area (Å²) >= 11 is 1.32. The number of carboxylic acids is 1. The number of hydrogen-bond acceptors (Lipinski definition) is 11. The number of aliphatic carboxylic acids is 1. The lowest BCUT2D eigenvalue weighted by molar-refractivity contribution is -0.271. The lowest BCUT2D eigenvalue weighted by atomic mass is 9.97. The van der Waals surface area contributed by atoms with Crippen LogP contribution in [0.1, 0.15) is 35.2 Å². The van der Waals surface area contributed by atoms with E-state index in [4.69, 9.17) is 14.2 Å². The number of aliphatic hydroxyl groups is 3. The summed E-state index contributed by atoms with van der Waals surface area (Å²) in [6, 6.07) is 18.4. The number of likely N-dealkylation sites (tertiary alicyclic amines) is 1. The maximum atomic E-state index is 14.0. The van der Waals surface area contributed by atoms with Gasteiger partial charge in [-0.15, -0.1) is 11.3 Å². The lowest BCUT2D eigenvalue weighted by Gasteiger charge is -2.38. The number of fused-ring (bicyclic) bond motifs is 1. The Balaban J connectivity index is 1.26. The van der Waals surface area contributed by atoms with Crippen molar-refractivity contribution in [2.45, 2.75) is 50.0 Å². The van der Waals surface area contributed by atoms with Gasteiger partial charge in [0.05, 0.1) is 0 Å². The first-order chi connectivity index (χ1) is 22.2. The van der Waals surface area contributed by atoms with E-state index in [1.54, 1.807) is 66.7 Å². The monoisotopic (exact) mass is 649 g/mol. The quantitative estimate of drug-likeness (QED) is 0.159. The number of aliphatic hydroxyl groups excluding tert-OH is 3. The summed E-state index contributed by atoms with van der Waals surface area (Å²) in [4.78, 5) is 28.6. The molecule has 0 amide bonds. The molecule has 4 aromatic rings. The largest absolute Gasteiger partial charge is 0.508 e. The third-order valence-corrected chi connectivity index (χ3v) is 9.53. The molecule has 0 bridgehead atoms. The topological polar surface area (TPSA) is 166 Å². The summed E-state index contributed by atoms with van der Waals surface area (Å²) < 4.78 is 17.6. The molecule has 2 aliphatic heterocycles. The van der Waals surface area contributed by atoms with Crippen molar-refractivity contribution in [3.8, 4) is 27.7 Å². The van der Waals surface area contributed by atoms with Gasteiger partial charge < -0.3 is 39.7 Å². The van der Waals surface area contributed by atoms with Crippen LogP contribution in [0.25, 0.3) is 20.5 Å². The van der Waals surface area contributed by atoms with Crippen molar-refractivity contribution >= 4 is 33.2 Å². The highest BCUT2D eigenvalue weighted by Gasteiger charge is 2.48. The number of hydrogen-bond donors (Lipinski definition) is 5. The summed E-state index contributed by atoms with van der Waals surface area (Å²) in [6.07, 6.45) is -5.02. The molecule has 46 heavy (non-hydrogen) atoms. The second-order valence-electron chi connectivity index (χ2n) is 11.5. The summed E-state index contributed by atoms with van der Waals surface area (Å²) in [5.74, 6) is -0.774. The molecule has 5 atom stereocenters. The number of phenols is 1. The van der Waals surface area contributed by atoms with Crippen molar-refractivity contribution in [3.05, 3.63) is 77.9 Å². The number of phenolic OH excluding ortho intramolecular Hbond substituents is 1. The number of ketones is 1. The first kappa shape index (κ1) is 31.9. The first-order valence-corrected chi connectivity index (χ1v) is 16.0. The van der Waals surface area contributed by atoms with E-state index in [1.807, 2.05) is 0 Å². The van der Waals surface area contributed by atoms with Crippen LogP contribution >= 0.6 is 11.3 Å². The van der Waals surface area contributed by atoms with Gasteiger partial charge in [-0.2, -0.15) is 0 Å². The second-order valence-corrected chi connectivity index (χ2v) is 12.5.